The molecule has 0 aliphatic rings. The summed E-state index contributed by atoms with van der Waals surface area (Å²) in [5.41, 5.74) is 2.51. The fraction of sp³-hybridized carbons (Fsp3) is 0. The van der Waals surface area contributed by atoms with Crippen molar-refractivity contribution in [2.24, 2.45) is 0 Å². The number of benzene rings is 1. The summed E-state index contributed by atoms with van der Waals surface area (Å²) in [6, 6.07) is 12.4. The average molecular weight is 437 g/mol. The molecule has 1 aromatic carbocycles. The van der Waals surface area contributed by atoms with Crippen LogP contribution in [0.25, 0.3) is 11.1 Å². The van der Waals surface area contributed by atoms with E-state index in [1.807, 2.05) is 18.2 Å². The van der Waals surface area contributed by atoms with E-state index in [1.165, 1.54) is 11.1 Å². The van der Waals surface area contributed by atoms with Crippen LogP contribution in [0.5, 0.6) is 0 Å². The van der Waals surface area contributed by atoms with Gasteiger partial charge in [0.15, 0.2) is 0 Å². The summed E-state index contributed by atoms with van der Waals surface area (Å²) in [5, 5.41) is 2.12. The maximum absolute atomic E-state index is 4.27. The number of thiophene rings is 1. The number of hydrogen-bond acceptors (Lipinski definition) is 2. The molecule has 19 heavy (non-hydrogen) atoms. The molecule has 0 saturated heterocycles. The van der Waals surface area contributed by atoms with Crippen LogP contribution in [0, 0.1) is 0 Å². The fourth-order valence-electron chi connectivity index (χ4n) is 1.11. The van der Waals surface area contributed by atoms with Gasteiger partial charge in [0.2, 0.25) is 0 Å². The molecule has 0 N–H and O–H groups in total. The third-order valence-electron chi connectivity index (χ3n) is 1.69. The van der Waals surface area contributed by atoms with E-state index in [1.54, 1.807) is 11.3 Å². The van der Waals surface area contributed by atoms with Crippen molar-refractivity contribution in [1.82, 2.24) is 0 Å². The molecule has 2 aromatic rings. The van der Waals surface area contributed by atoms with Crippen LogP contribution in [-0.2, 0) is 0 Å². The Balaban J connectivity index is -0.0000000604. The Bertz CT molecular complexity index is 385. The van der Waals surface area contributed by atoms with Crippen molar-refractivity contribution in [3.05, 3.63) is 41.8 Å². The van der Waals surface area contributed by atoms with Crippen molar-refractivity contribution in [1.29, 1.82) is 0 Å². The SMILES string of the molecule is F.F.F.F.F.F.Sc1cc(-c2ccccc2)cs1.[SbH3]. The summed E-state index contributed by atoms with van der Waals surface area (Å²) in [7, 11) is 0. The zero-order valence-electron chi connectivity index (χ0n) is 9.55. The first-order valence-corrected chi connectivity index (χ1v) is 5.02. The number of thiol groups is 1. The minimum absolute atomic E-state index is 0. The maximum atomic E-state index is 4.27. The molecule has 0 radical (unpaired) electrons. The van der Waals surface area contributed by atoms with E-state index in [-0.39, 0.29) is 52.7 Å². The van der Waals surface area contributed by atoms with E-state index in [9.17, 15) is 0 Å². The van der Waals surface area contributed by atoms with Gasteiger partial charge < -0.3 is 0 Å². The first kappa shape index (κ1) is 36.3. The van der Waals surface area contributed by atoms with Gasteiger partial charge in [-0.2, -0.15) is 0 Å². The number of halogens is 6. The molecule has 0 atom stereocenters. The van der Waals surface area contributed by atoms with Crippen molar-refractivity contribution in [2.75, 3.05) is 0 Å². The molecule has 116 valence electrons. The van der Waals surface area contributed by atoms with Crippen LogP contribution in [0.1, 0.15) is 0 Å². The molecule has 9 heteroatoms. The summed E-state index contributed by atoms with van der Waals surface area (Å²) in [4.78, 5) is 0. The Morgan fingerprint density at radius 2 is 1.21 bits per heavy atom. The molecule has 2 rings (SSSR count). The van der Waals surface area contributed by atoms with E-state index in [0.29, 0.717) is 0 Å². The summed E-state index contributed by atoms with van der Waals surface area (Å²) < 4.78 is 1.06. The fourth-order valence-corrected chi connectivity index (χ4v) is 2.05. The monoisotopic (exact) mass is 436 g/mol. The van der Waals surface area contributed by atoms with E-state index >= 15 is 0 Å². The van der Waals surface area contributed by atoms with Gasteiger partial charge in [-0.25, -0.2) is 0 Å². The van der Waals surface area contributed by atoms with Crippen LogP contribution >= 0.6 is 24.0 Å². The van der Waals surface area contributed by atoms with E-state index in [0.717, 1.165) is 4.21 Å². The molecule has 0 aliphatic carbocycles. The second-order valence-corrected chi connectivity index (χ2v) is 4.24. The molecule has 0 fully saturated rings. The molecule has 0 unspecified atom stereocenters. The zero-order chi connectivity index (χ0) is 8.39. The predicted molar refractivity (Wildman–Crippen MR) is 82.0 cm³/mol. The molecule has 0 bridgehead atoms. The Hall–Kier alpha value is -0.332. The van der Waals surface area contributed by atoms with Crippen LogP contribution in [0.15, 0.2) is 46.0 Å². The van der Waals surface area contributed by atoms with Gasteiger partial charge in [0.05, 0.1) is 4.21 Å². The molecule has 0 nitrogen and oxygen atoms in total. The number of rotatable bonds is 1. The molecular formula is C10H17F6S2Sb. The molecule has 0 spiro atoms. The Morgan fingerprint density at radius 1 is 0.737 bits per heavy atom. The van der Waals surface area contributed by atoms with Crippen molar-refractivity contribution >= 4 is 48.4 Å². The van der Waals surface area contributed by atoms with Crippen molar-refractivity contribution < 1.29 is 28.2 Å². The standard InChI is InChI=1S/C10H8S2.6FH.Sb.3H/c11-10-6-9(7-12-10)8-4-2-1-3-5-8;;;;;;;;;;/h1-7,11H;6*1H;;;;. The first-order valence-electron chi connectivity index (χ1n) is 3.69. The van der Waals surface area contributed by atoms with Crippen molar-refractivity contribution in [3.63, 3.8) is 0 Å². The molecule has 0 amide bonds. The summed E-state index contributed by atoms with van der Waals surface area (Å²) >= 11 is 5.94. The topological polar surface area (TPSA) is 0 Å². The van der Waals surface area contributed by atoms with Gasteiger partial charge in [0, 0.05) is 0 Å². The van der Waals surface area contributed by atoms with Crippen LogP contribution < -0.4 is 0 Å². The van der Waals surface area contributed by atoms with Gasteiger partial charge in [0.25, 0.3) is 0 Å². The molecule has 0 aliphatic heterocycles. The van der Waals surface area contributed by atoms with Crippen LogP contribution in [0.4, 0.5) is 28.2 Å². The summed E-state index contributed by atoms with van der Waals surface area (Å²) in [5.74, 6) is 0. The third-order valence-corrected chi connectivity index (χ3v) is 2.87. The van der Waals surface area contributed by atoms with E-state index < -0.39 is 0 Å². The van der Waals surface area contributed by atoms with Gasteiger partial charge in [-0.1, -0.05) is 30.3 Å². The van der Waals surface area contributed by atoms with Gasteiger partial charge in [-0.15, -0.1) is 24.0 Å². The normalized spacial score (nSPS) is 6.37. The summed E-state index contributed by atoms with van der Waals surface area (Å²) in [6.45, 7) is 0. The molecule has 0 saturated carbocycles. The van der Waals surface area contributed by atoms with Gasteiger partial charge in [-0.05, 0) is 22.6 Å². The second-order valence-electron chi connectivity index (χ2n) is 2.54. The van der Waals surface area contributed by atoms with Crippen molar-refractivity contribution in [2.45, 2.75) is 4.21 Å². The Morgan fingerprint density at radius 3 is 1.58 bits per heavy atom. The minimum atomic E-state index is 0. The van der Waals surface area contributed by atoms with Crippen molar-refractivity contribution in [3.8, 4) is 11.1 Å². The molecule has 1 heterocycles. The van der Waals surface area contributed by atoms with Crippen LogP contribution in [0.3, 0.4) is 0 Å². The molecular weight excluding hydrogens is 420 g/mol. The molecule has 1 aromatic heterocycles. The predicted octanol–water partition coefficient (Wildman–Crippen LogP) is 3.43. The first-order chi connectivity index (χ1) is 5.86. The zero-order valence-corrected chi connectivity index (χ0v) is 15.3. The van der Waals surface area contributed by atoms with Gasteiger partial charge in [0.1, 0.15) is 0 Å². The van der Waals surface area contributed by atoms with E-state index in [4.69, 9.17) is 0 Å². The average Bonchev–Trinajstić information content (AvgIpc) is 2.54. The van der Waals surface area contributed by atoms with Gasteiger partial charge >= 0.3 is 24.4 Å². The van der Waals surface area contributed by atoms with Crippen LogP contribution in [-0.4, -0.2) is 24.4 Å². The Kier molecular flexibility index (Phi) is 33.8. The Labute approximate surface area is 133 Å². The number of hydrogen-bond donors (Lipinski definition) is 1. The van der Waals surface area contributed by atoms with E-state index in [2.05, 4.69) is 36.2 Å². The summed E-state index contributed by atoms with van der Waals surface area (Å²) in [6.07, 6.45) is 0. The van der Waals surface area contributed by atoms with Crippen LogP contribution in [0.2, 0.25) is 0 Å². The quantitative estimate of drug-likeness (QED) is 0.395. The third kappa shape index (κ3) is 10.2. The van der Waals surface area contributed by atoms with Gasteiger partial charge in [-0.3, -0.25) is 28.2 Å². The second kappa shape index (κ2) is 17.7.